The van der Waals surface area contributed by atoms with Crippen LogP contribution >= 0.6 is 0 Å². The second kappa shape index (κ2) is 14.1. The topological polar surface area (TPSA) is 107 Å². The second-order valence-electron chi connectivity index (χ2n) is 13.0. The first-order chi connectivity index (χ1) is 22.9. The van der Waals surface area contributed by atoms with Gasteiger partial charge in [-0.05, 0) is 84.4 Å². The zero-order valence-electron chi connectivity index (χ0n) is 29.1. The standard InChI is InChI=1S/C38H46N4O6/c1-8-39(9-2)26-13-16-29-32(23-26)47-33-24-27(40(10-3)11-4)14-17-30(33)34(29)28-15-12-25(22-31(28)36(44)45)35(43)41-18-20-42(21-19-41)37(46)48-38(5,6)7/h12-17,22-24H,8-11,18-21H2,1-7H3/p+1. The first-order valence-electron chi connectivity index (χ1n) is 16.9. The number of carboxylic acid groups (broad SMARTS) is 1. The van der Waals surface area contributed by atoms with Crippen molar-refractivity contribution in [3.05, 3.63) is 71.1 Å². The van der Waals surface area contributed by atoms with E-state index in [9.17, 15) is 19.5 Å². The van der Waals surface area contributed by atoms with Gasteiger partial charge in [0.25, 0.3) is 5.91 Å². The molecule has 10 nitrogen and oxygen atoms in total. The summed E-state index contributed by atoms with van der Waals surface area (Å²) in [7, 11) is 0. The Labute approximate surface area is 282 Å². The summed E-state index contributed by atoms with van der Waals surface area (Å²) >= 11 is 0. The molecular weight excluding hydrogens is 608 g/mol. The lowest BCUT2D eigenvalue weighted by atomic mass is 9.89. The minimum atomic E-state index is -1.13. The van der Waals surface area contributed by atoms with Gasteiger partial charge in [0.2, 0.25) is 5.36 Å². The van der Waals surface area contributed by atoms with E-state index in [1.165, 1.54) is 6.07 Å². The van der Waals surface area contributed by atoms with E-state index < -0.39 is 17.7 Å². The summed E-state index contributed by atoms with van der Waals surface area (Å²) < 4.78 is 14.3. The van der Waals surface area contributed by atoms with Gasteiger partial charge in [-0.15, -0.1) is 0 Å². The molecule has 0 spiro atoms. The summed E-state index contributed by atoms with van der Waals surface area (Å²) in [6, 6.07) is 17.0. The number of carbonyl (C=O) groups is 3. The van der Waals surface area contributed by atoms with Crippen molar-refractivity contribution in [3.8, 4) is 22.5 Å². The maximum absolute atomic E-state index is 13.6. The third-order valence-electron chi connectivity index (χ3n) is 8.93. The van der Waals surface area contributed by atoms with Crippen LogP contribution in [0.25, 0.3) is 33.4 Å². The Morgan fingerprint density at radius 1 is 0.854 bits per heavy atom. The van der Waals surface area contributed by atoms with Crippen molar-refractivity contribution in [2.75, 3.05) is 57.3 Å². The number of nitrogens with zero attached hydrogens (tertiary/aromatic N) is 4. The molecule has 254 valence electrons. The maximum Gasteiger partial charge on any atom is 0.410 e. The Bertz CT molecular complexity index is 1870. The summed E-state index contributed by atoms with van der Waals surface area (Å²) in [6.45, 7) is 18.5. The molecule has 1 fully saturated rings. The summed E-state index contributed by atoms with van der Waals surface area (Å²) in [5.41, 5.74) is 3.41. The molecule has 0 bridgehead atoms. The van der Waals surface area contributed by atoms with E-state index in [2.05, 4.69) is 37.2 Å². The molecule has 2 heterocycles. The van der Waals surface area contributed by atoms with Crippen molar-refractivity contribution in [1.29, 1.82) is 0 Å². The molecule has 2 amide bonds. The van der Waals surface area contributed by atoms with E-state index in [1.807, 2.05) is 57.2 Å². The van der Waals surface area contributed by atoms with E-state index >= 15 is 0 Å². The van der Waals surface area contributed by atoms with Gasteiger partial charge in [0.1, 0.15) is 30.0 Å². The van der Waals surface area contributed by atoms with E-state index in [0.717, 1.165) is 53.7 Å². The minimum absolute atomic E-state index is 0.0303. The number of aromatic carboxylic acids is 1. The van der Waals surface area contributed by atoms with Crippen LogP contribution in [0.4, 0.5) is 10.5 Å². The van der Waals surface area contributed by atoms with Gasteiger partial charge >= 0.3 is 12.1 Å². The zero-order chi connectivity index (χ0) is 34.7. The molecule has 2 aliphatic heterocycles. The molecule has 5 rings (SSSR count). The molecule has 2 aromatic rings. The summed E-state index contributed by atoms with van der Waals surface area (Å²) in [5.74, 6) is -0.757. The lowest BCUT2D eigenvalue weighted by molar-refractivity contribution is 0.0140. The first kappa shape index (κ1) is 34.5. The van der Waals surface area contributed by atoms with Gasteiger partial charge in [0.15, 0.2) is 0 Å². The maximum atomic E-state index is 13.6. The molecule has 48 heavy (non-hydrogen) atoms. The predicted octanol–water partition coefficient (Wildman–Crippen LogP) is 6.25. The summed E-state index contributed by atoms with van der Waals surface area (Å²) in [5, 5.41) is 12.3. The Hall–Kier alpha value is -4.86. The third-order valence-corrected chi connectivity index (χ3v) is 8.93. The number of carboxylic acids is 1. The van der Waals surface area contributed by atoms with Gasteiger partial charge in [0, 0.05) is 79.2 Å². The number of piperazine rings is 1. The highest BCUT2D eigenvalue weighted by Crippen LogP contribution is 2.42. The molecule has 0 atom stereocenters. The Morgan fingerprint density at radius 3 is 2.10 bits per heavy atom. The smallest absolute Gasteiger partial charge is 0.410 e. The van der Waals surface area contributed by atoms with E-state index in [4.69, 9.17) is 9.15 Å². The van der Waals surface area contributed by atoms with Crippen molar-refractivity contribution < 1.29 is 28.6 Å². The molecule has 1 aliphatic carbocycles. The summed E-state index contributed by atoms with van der Waals surface area (Å²) in [4.78, 5) is 44.5. The Kier molecular flexibility index (Phi) is 10.1. The molecule has 0 saturated carbocycles. The molecule has 1 saturated heterocycles. The van der Waals surface area contributed by atoms with Crippen LogP contribution < -0.4 is 14.8 Å². The highest BCUT2D eigenvalue weighted by atomic mass is 16.6. The van der Waals surface area contributed by atoms with E-state index in [1.54, 1.807) is 21.9 Å². The number of amides is 2. The number of rotatable bonds is 8. The van der Waals surface area contributed by atoms with Crippen molar-refractivity contribution in [2.45, 2.75) is 54.1 Å². The lowest BCUT2D eigenvalue weighted by Gasteiger charge is -2.35. The average Bonchev–Trinajstić information content (AvgIpc) is 3.07. The van der Waals surface area contributed by atoms with Crippen LogP contribution in [0.3, 0.4) is 0 Å². The first-order valence-corrected chi connectivity index (χ1v) is 16.9. The molecule has 1 N–H and O–H groups in total. The van der Waals surface area contributed by atoms with Gasteiger partial charge in [-0.1, -0.05) is 6.07 Å². The molecule has 3 aliphatic rings. The number of ether oxygens (including phenoxy) is 1. The van der Waals surface area contributed by atoms with Crippen molar-refractivity contribution in [2.24, 2.45) is 0 Å². The monoisotopic (exact) mass is 655 g/mol. The van der Waals surface area contributed by atoms with Gasteiger partial charge in [-0.2, -0.15) is 0 Å². The zero-order valence-corrected chi connectivity index (χ0v) is 29.1. The predicted molar refractivity (Wildman–Crippen MR) is 189 cm³/mol. The van der Waals surface area contributed by atoms with Crippen LogP contribution in [0.15, 0.2) is 59.0 Å². The largest absolute Gasteiger partial charge is 0.478 e. The number of fused-ring (bicyclic) bond motifs is 2. The summed E-state index contributed by atoms with van der Waals surface area (Å²) in [6.07, 6.45) is -0.408. The number of anilines is 1. The average molecular weight is 656 g/mol. The van der Waals surface area contributed by atoms with Gasteiger partial charge in [-0.3, -0.25) is 4.79 Å². The molecular formula is C38H47N4O6+. The minimum Gasteiger partial charge on any atom is -0.478 e. The van der Waals surface area contributed by atoms with Crippen molar-refractivity contribution in [1.82, 2.24) is 14.4 Å². The van der Waals surface area contributed by atoms with E-state index in [0.29, 0.717) is 43.1 Å². The molecule has 10 heteroatoms. The Balaban J connectivity index is 1.59. The van der Waals surface area contributed by atoms with Crippen LogP contribution in [0.2, 0.25) is 0 Å². The van der Waals surface area contributed by atoms with Gasteiger partial charge < -0.3 is 29.0 Å². The quantitative estimate of drug-likeness (QED) is 0.177. The van der Waals surface area contributed by atoms with Gasteiger partial charge in [-0.25, -0.2) is 14.2 Å². The van der Waals surface area contributed by atoms with Crippen LogP contribution in [0.1, 0.15) is 69.2 Å². The molecule has 0 aromatic heterocycles. The molecule has 2 aromatic carbocycles. The van der Waals surface area contributed by atoms with Crippen molar-refractivity contribution in [3.63, 3.8) is 0 Å². The fourth-order valence-corrected chi connectivity index (χ4v) is 6.40. The van der Waals surface area contributed by atoms with Crippen LogP contribution in [0.5, 0.6) is 0 Å². The third kappa shape index (κ3) is 7.02. The normalized spacial score (nSPS) is 13.6. The highest BCUT2D eigenvalue weighted by molar-refractivity contribution is 6.09. The number of hydrogen-bond donors (Lipinski definition) is 1. The number of benzene rings is 3. The SMILES string of the molecule is CCN(CC)c1ccc2c(-c3ccc(C(=O)N4CCN(C(=O)OC(C)(C)C)CC4)cc3C(=O)O)c3ccc(=[N+](CC)CC)cc-3oc2c1. The molecule has 0 unspecified atom stereocenters. The fraction of sp³-hybridized carbons (Fsp3) is 0.421. The van der Waals surface area contributed by atoms with Crippen LogP contribution in [0, 0.1) is 0 Å². The molecule has 0 radical (unpaired) electrons. The number of carbonyl (C=O) groups excluding carboxylic acids is 2. The number of hydrogen-bond acceptors (Lipinski definition) is 6. The lowest BCUT2D eigenvalue weighted by Crippen LogP contribution is -2.51. The second-order valence-corrected chi connectivity index (χ2v) is 13.0. The van der Waals surface area contributed by atoms with Crippen LogP contribution in [-0.4, -0.2) is 90.8 Å². The Morgan fingerprint density at radius 2 is 1.50 bits per heavy atom. The fourth-order valence-electron chi connectivity index (χ4n) is 6.40. The van der Waals surface area contributed by atoms with E-state index in [-0.39, 0.29) is 17.0 Å². The van der Waals surface area contributed by atoms with Crippen molar-refractivity contribution >= 4 is 34.6 Å². The van der Waals surface area contributed by atoms with Gasteiger partial charge in [0.05, 0.1) is 11.6 Å². The van der Waals surface area contributed by atoms with Crippen LogP contribution in [-0.2, 0) is 4.74 Å². The highest BCUT2D eigenvalue weighted by Gasteiger charge is 2.29.